The lowest BCUT2D eigenvalue weighted by Gasteiger charge is -2.30. The van der Waals surface area contributed by atoms with Gasteiger partial charge < -0.3 is 15.8 Å². The van der Waals surface area contributed by atoms with E-state index in [1.165, 1.54) is 0 Å². The van der Waals surface area contributed by atoms with Crippen LogP contribution < -0.4 is 11.1 Å². The van der Waals surface area contributed by atoms with Crippen molar-refractivity contribution >= 4 is 6.09 Å². The summed E-state index contributed by atoms with van der Waals surface area (Å²) in [6.07, 6.45) is -3.27. The van der Waals surface area contributed by atoms with Crippen LogP contribution in [0.2, 0.25) is 0 Å². The number of halogens is 2. The van der Waals surface area contributed by atoms with E-state index >= 15 is 0 Å². The third-order valence-corrected chi connectivity index (χ3v) is 2.46. The number of nitrogens with two attached hydrogens (primary N) is 1. The minimum atomic E-state index is -2.57. The molecule has 0 saturated heterocycles. The fourth-order valence-corrected chi connectivity index (χ4v) is 1.62. The van der Waals surface area contributed by atoms with Gasteiger partial charge in [-0.15, -0.1) is 0 Å². The molecule has 18 heavy (non-hydrogen) atoms. The van der Waals surface area contributed by atoms with Gasteiger partial charge in [0, 0.05) is 12.6 Å². The first kappa shape index (κ1) is 17.1. The van der Waals surface area contributed by atoms with Gasteiger partial charge in [0.25, 0.3) is 0 Å². The molecule has 0 aliphatic rings. The lowest BCUT2D eigenvalue weighted by Crippen LogP contribution is -2.50. The molecule has 6 heteroatoms. The number of ether oxygens (including phenoxy) is 1. The Hall–Kier alpha value is -0.910. The van der Waals surface area contributed by atoms with Crippen LogP contribution in [0.1, 0.15) is 34.6 Å². The van der Waals surface area contributed by atoms with Crippen molar-refractivity contribution in [1.82, 2.24) is 5.32 Å². The van der Waals surface area contributed by atoms with Gasteiger partial charge in [0.15, 0.2) is 0 Å². The Labute approximate surface area is 107 Å². The Morgan fingerprint density at radius 1 is 1.33 bits per heavy atom. The molecule has 0 aliphatic carbocycles. The van der Waals surface area contributed by atoms with Crippen LogP contribution in [0.3, 0.4) is 0 Å². The summed E-state index contributed by atoms with van der Waals surface area (Å²) in [5, 5.41) is 2.48. The molecule has 4 nitrogen and oxygen atoms in total. The van der Waals surface area contributed by atoms with Crippen molar-refractivity contribution in [2.75, 3.05) is 6.54 Å². The van der Waals surface area contributed by atoms with Crippen molar-refractivity contribution in [2.45, 2.75) is 52.7 Å². The number of alkyl halides is 2. The predicted molar refractivity (Wildman–Crippen MR) is 66.5 cm³/mol. The normalized spacial score (nSPS) is 15.7. The van der Waals surface area contributed by atoms with Gasteiger partial charge in [-0.25, -0.2) is 13.6 Å². The van der Waals surface area contributed by atoms with Crippen molar-refractivity contribution in [3.63, 3.8) is 0 Å². The van der Waals surface area contributed by atoms with E-state index < -0.39 is 30.1 Å². The average Bonchev–Trinajstić information content (AvgIpc) is 2.13. The van der Waals surface area contributed by atoms with Gasteiger partial charge in [-0.2, -0.15) is 0 Å². The molecule has 0 aromatic heterocycles. The summed E-state index contributed by atoms with van der Waals surface area (Å²) in [7, 11) is 0. The lowest BCUT2D eigenvalue weighted by molar-refractivity contribution is 0.0275. The summed E-state index contributed by atoms with van der Waals surface area (Å²) in [5.41, 5.74) is 4.69. The highest BCUT2D eigenvalue weighted by Gasteiger charge is 2.33. The van der Waals surface area contributed by atoms with E-state index in [1.807, 2.05) is 0 Å². The van der Waals surface area contributed by atoms with Crippen LogP contribution in [0.4, 0.5) is 13.6 Å². The topological polar surface area (TPSA) is 64.3 Å². The fraction of sp³-hybridized carbons (Fsp3) is 0.917. The zero-order valence-electron chi connectivity index (χ0n) is 11.7. The number of amides is 1. The predicted octanol–water partition coefficient (Wildman–Crippen LogP) is 2.38. The van der Waals surface area contributed by atoms with E-state index in [2.05, 4.69) is 5.32 Å². The molecule has 0 aliphatic heterocycles. The van der Waals surface area contributed by atoms with Crippen LogP contribution in [0.25, 0.3) is 0 Å². The van der Waals surface area contributed by atoms with E-state index in [4.69, 9.17) is 10.5 Å². The Bertz CT molecular complexity index is 265. The van der Waals surface area contributed by atoms with E-state index in [1.54, 1.807) is 34.6 Å². The monoisotopic (exact) mass is 266 g/mol. The summed E-state index contributed by atoms with van der Waals surface area (Å²) in [5.74, 6) is -1.22. The summed E-state index contributed by atoms with van der Waals surface area (Å²) >= 11 is 0. The molecule has 3 N–H and O–H groups in total. The summed E-state index contributed by atoms with van der Waals surface area (Å²) < 4.78 is 30.7. The van der Waals surface area contributed by atoms with Crippen molar-refractivity contribution in [1.29, 1.82) is 0 Å². The SMILES string of the molecule is CC(C)C(NC(=O)OC(C)(C)C)C(CN)C(F)F. The highest BCUT2D eigenvalue weighted by molar-refractivity contribution is 5.68. The molecule has 0 rings (SSSR count). The first-order valence-corrected chi connectivity index (χ1v) is 6.06. The molecule has 0 aromatic carbocycles. The highest BCUT2D eigenvalue weighted by atomic mass is 19.3. The zero-order valence-corrected chi connectivity index (χ0v) is 11.7. The molecule has 0 radical (unpaired) electrons. The van der Waals surface area contributed by atoms with Crippen molar-refractivity contribution in [2.24, 2.45) is 17.6 Å². The van der Waals surface area contributed by atoms with E-state index in [-0.39, 0.29) is 12.5 Å². The second kappa shape index (κ2) is 6.87. The average molecular weight is 266 g/mol. The van der Waals surface area contributed by atoms with Gasteiger partial charge in [0.05, 0.1) is 5.92 Å². The number of hydrogen-bond donors (Lipinski definition) is 2. The largest absolute Gasteiger partial charge is 0.444 e. The maximum absolute atomic E-state index is 12.8. The Balaban J connectivity index is 4.68. The molecular formula is C12H24F2N2O2. The third-order valence-electron chi connectivity index (χ3n) is 2.46. The number of carbonyl (C=O) groups excluding carboxylic acids is 1. The molecule has 2 atom stereocenters. The first-order valence-electron chi connectivity index (χ1n) is 6.06. The standard InChI is InChI=1S/C12H24F2N2O2/c1-7(2)9(8(6-15)10(13)14)16-11(17)18-12(3,4)5/h7-10H,6,15H2,1-5H3,(H,16,17). The molecule has 0 aromatic rings. The van der Waals surface area contributed by atoms with Crippen molar-refractivity contribution in [3.8, 4) is 0 Å². The van der Waals surface area contributed by atoms with Gasteiger partial charge in [0.1, 0.15) is 5.60 Å². The van der Waals surface area contributed by atoms with E-state index in [9.17, 15) is 13.6 Å². The smallest absolute Gasteiger partial charge is 0.407 e. The maximum Gasteiger partial charge on any atom is 0.407 e. The van der Waals surface area contributed by atoms with Gasteiger partial charge in [-0.3, -0.25) is 0 Å². The maximum atomic E-state index is 12.8. The quantitative estimate of drug-likeness (QED) is 0.803. The van der Waals surface area contributed by atoms with Gasteiger partial charge in [0.2, 0.25) is 6.43 Å². The van der Waals surface area contributed by atoms with Crippen LogP contribution in [0, 0.1) is 11.8 Å². The second-order valence-corrected chi connectivity index (χ2v) is 5.65. The van der Waals surface area contributed by atoms with Crippen molar-refractivity contribution < 1.29 is 18.3 Å². The third kappa shape index (κ3) is 6.14. The summed E-state index contributed by atoms with van der Waals surface area (Å²) in [4.78, 5) is 11.6. The Morgan fingerprint density at radius 2 is 1.83 bits per heavy atom. The van der Waals surface area contributed by atoms with Gasteiger partial charge in [-0.05, 0) is 26.7 Å². The molecule has 0 fully saturated rings. The van der Waals surface area contributed by atoms with Crippen LogP contribution >= 0.6 is 0 Å². The minimum Gasteiger partial charge on any atom is -0.444 e. The van der Waals surface area contributed by atoms with Crippen LogP contribution in [-0.4, -0.2) is 30.7 Å². The fourth-order valence-electron chi connectivity index (χ4n) is 1.62. The number of rotatable bonds is 5. The molecule has 0 spiro atoms. The lowest BCUT2D eigenvalue weighted by atomic mass is 9.91. The molecule has 0 heterocycles. The molecule has 0 bridgehead atoms. The molecule has 1 amide bonds. The first-order chi connectivity index (χ1) is 8.08. The second-order valence-electron chi connectivity index (χ2n) is 5.65. The van der Waals surface area contributed by atoms with Crippen LogP contribution in [-0.2, 0) is 4.74 Å². The van der Waals surface area contributed by atoms with E-state index in [0.717, 1.165) is 0 Å². The van der Waals surface area contributed by atoms with Crippen LogP contribution in [0.5, 0.6) is 0 Å². The molecule has 2 unspecified atom stereocenters. The van der Waals surface area contributed by atoms with Gasteiger partial charge in [-0.1, -0.05) is 13.8 Å². The minimum absolute atomic E-state index is 0.153. The molecule has 108 valence electrons. The number of carbonyl (C=O) groups is 1. The summed E-state index contributed by atoms with van der Waals surface area (Å²) in [6, 6.07) is -0.704. The zero-order chi connectivity index (χ0) is 14.5. The number of nitrogens with one attached hydrogen (secondary N) is 1. The Kier molecular flexibility index (Phi) is 6.52. The van der Waals surface area contributed by atoms with Crippen LogP contribution in [0.15, 0.2) is 0 Å². The highest BCUT2D eigenvalue weighted by Crippen LogP contribution is 2.20. The summed E-state index contributed by atoms with van der Waals surface area (Å²) in [6.45, 7) is 8.47. The van der Waals surface area contributed by atoms with Crippen molar-refractivity contribution in [3.05, 3.63) is 0 Å². The Morgan fingerprint density at radius 3 is 2.11 bits per heavy atom. The molecular weight excluding hydrogens is 242 g/mol. The van der Waals surface area contributed by atoms with Gasteiger partial charge >= 0.3 is 6.09 Å². The number of hydrogen-bond acceptors (Lipinski definition) is 3. The molecule has 0 saturated carbocycles. The number of alkyl carbamates (subject to hydrolysis) is 1. The van der Waals surface area contributed by atoms with E-state index in [0.29, 0.717) is 0 Å².